The average Bonchev–Trinajstić information content (AvgIpc) is 2.52. The van der Waals surface area contributed by atoms with Crippen molar-refractivity contribution in [3.63, 3.8) is 0 Å². The zero-order valence-corrected chi connectivity index (χ0v) is 9.01. The van der Waals surface area contributed by atoms with E-state index in [-0.39, 0.29) is 27.9 Å². The largest absolute Gasteiger partial charge is 0.270 e. The monoisotopic (exact) mass is 220 g/mol. The second-order valence-electron chi connectivity index (χ2n) is 4.76. The average molecular weight is 220 g/mol. The highest BCUT2D eigenvalue weighted by molar-refractivity contribution is 7.87. The zero-order chi connectivity index (χ0) is 9.43. The van der Waals surface area contributed by atoms with Crippen molar-refractivity contribution in [2.45, 2.75) is 36.4 Å². The standard InChI is InChI=1S/C8H12O3S2/c1-8-2-4-5(3-8)13(9,10)11-6(4)7(8)12/h4-7,12H,2-3H2,1H3. The molecule has 3 aliphatic rings. The van der Waals surface area contributed by atoms with E-state index in [1.807, 2.05) is 0 Å². The molecule has 1 saturated heterocycles. The number of hydrogen-bond acceptors (Lipinski definition) is 4. The molecule has 3 rings (SSSR count). The van der Waals surface area contributed by atoms with Crippen molar-refractivity contribution in [1.29, 1.82) is 0 Å². The van der Waals surface area contributed by atoms with E-state index in [2.05, 4.69) is 19.6 Å². The van der Waals surface area contributed by atoms with E-state index in [0.717, 1.165) is 12.8 Å². The Morgan fingerprint density at radius 1 is 1.46 bits per heavy atom. The summed E-state index contributed by atoms with van der Waals surface area (Å²) >= 11 is 4.47. The number of thiol groups is 1. The van der Waals surface area contributed by atoms with Crippen molar-refractivity contribution in [2.24, 2.45) is 11.3 Å². The van der Waals surface area contributed by atoms with Crippen LogP contribution in [0.4, 0.5) is 0 Å². The van der Waals surface area contributed by atoms with E-state index < -0.39 is 10.1 Å². The molecule has 0 radical (unpaired) electrons. The Morgan fingerprint density at radius 3 is 2.69 bits per heavy atom. The third-order valence-electron chi connectivity index (χ3n) is 3.91. The zero-order valence-electron chi connectivity index (χ0n) is 7.30. The summed E-state index contributed by atoms with van der Waals surface area (Å²) in [5.74, 6) is 0.220. The summed E-state index contributed by atoms with van der Waals surface area (Å²) in [5, 5.41) is -0.128. The fourth-order valence-corrected chi connectivity index (χ4v) is 5.78. The van der Waals surface area contributed by atoms with Crippen molar-refractivity contribution in [1.82, 2.24) is 0 Å². The van der Waals surface area contributed by atoms with Crippen LogP contribution in [0.15, 0.2) is 0 Å². The Morgan fingerprint density at radius 2 is 2.15 bits per heavy atom. The van der Waals surface area contributed by atoms with Gasteiger partial charge in [0.25, 0.3) is 10.1 Å². The van der Waals surface area contributed by atoms with E-state index in [9.17, 15) is 8.42 Å². The molecule has 1 heterocycles. The molecule has 74 valence electrons. The van der Waals surface area contributed by atoms with E-state index >= 15 is 0 Å². The van der Waals surface area contributed by atoms with Gasteiger partial charge in [-0.15, -0.1) is 0 Å². The smallest absolute Gasteiger partial charge is 0.265 e. The molecule has 3 fully saturated rings. The van der Waals surface area contributed by atoms with Gasteiger partial charge >= 0.3 is 0 Å². The molecule has 0 spiro atoms. The Hall–Kier alpha value is 0.260. The van der Waals surface area contributed by atoms with Crippen LogP contribution in [0.5, 0.6) is 0 Å². The highest BCUT2D eigenvalue weighted by atomic mass is 32.2. The van der Waals surface area contributed by atoms with Crippen LogP contribution >= 0.6 is 12.6 Å². The van der Waals surface area contributed by atoms with Gasteiger partial charge in [-0.3, -0.25) is 4.18 Å². The molecule has 5 atom stereocenters. The molecule has 0 aromatic carbocycles. The maximum absolute atomic E-state index is 11.5. The molecule has 2 saturated carbocycles. The van der Waals surface area contributed by atoms with Crippen molar-refractivity contribution in [3.05, 3.63) is 0 Å². The van der Waals surface area contributed by atoms with Gasteiger partial charge in [-0.05, 0) is 18.3 Å². The molecule has 3 nitrogen and oxygen atoms in total. The minimum Gasteiger partial charge on any atom is -0.265 e. The topological polar surface area (TPSA) is 43.4 Å². The molecule has 0 aromatic rings. The predicted molar refractivity (Wildman–Crippen MR) is 51.2 cm³/mol. The van der Waals surface area contributed by atoms with Crippen molar-refractivity contribution in [3.8, 4) is 0 Å². The van der Waals surface area contributed by atoms with Gasteiger partial charge in [0, 0.05) is 11.2 Å². The van der Waals surface area contributed by atoms with Gasteiger partial charge in [0.1, 0.15) is 0 Å². The molecule has 0 N–H and O–H groups in total. The van der Waals surface area contributed by atoms with Crippen molar-refractivity contribution in [2.75, 3.05) is 0 Å². The Bertz CT molecular complexity index is 364. The summed E-state index contributed by atoms with van der Waals surface area (Å²) in [4.78, 5) is 0. The Labute approximate surface area is 83.4 Å². The Balaban J connectivity index is 2.14. The van der Waals surface area contributed by atoms with Gasteiger partial charge in [0.05, 0.1) is 11.4 Å². The van der Waals surface area contributed by atoms with Crippen LogP contribution < -0.4 is 0 Å². The third kappa shape index (κ3) is 0.837. The second kappa shape index (κ2) is 2.09. The molecular weight excluding hydrogens is 208 g/mol. The van der Waals surface area contributed by atoms with Gasteiger partial charge in [-0.1, -0.05) is 6.92 Å². The quantitative estimate of drug-likeness (QED) is 0.485. The molecule has 5 heteroatoms. The number of fused-ring (bicyclic) bond motifs is 1. The molecule has 0 amide bonds. The first-order chi connectivity index (χ1) is 5.94. The maximum atomic E-state index is 11.5. The summed E-state index contributed by atoms with van der Waals surface area (Å²) in [6, 6.07) is 0. The fourth-order valence-electron chi connectivity index (χ4n) is 3.23. The van der Waals surface area contributed by atoms with Crippen LogP contribution in [0.25, 0.3) is 0 Å². The lowest BCUT2D eigenvalue weighted by Gasteiger charge is -2.28. The second-order valence-corrected chi connectivity index (χ2v) is 7.10. The van der Waals surface area contributed by atoms with Crippen LogP contribution in [0.3, 0.4) is 0 Å². The summed E-state index contributed by atoms with van der Waals surface area (Å²) < 4.78 is 28.1. The molecule has 1 aliphatic heterocycles. The van der Waals surface area contributed by atoms with Gasteiger partial charge < -0.3 is 0 Å². The lowest BCUT2D eigenvalue weighted by atomic mass is 9.85. The lowest BCUT2D eigenvalue weighted by Crippen LogP contribution is -2.34. The summed E-state index contributed by atoms with van der Waals surface area (Å²) in [6.07, 6.45) is 1.57. The summed E-state index contributed by atoms with van der Waals surface area (Å²) in [6.45, 7) is 2.13. The normalized spacial score (nSPS) is 61.7. The van der Waals surface area contributed by atoms with Crippen LogP contribution in [-0.4, -0.2) is 25.0 Å². The van der Waals surface area contributed by atoms with Crippen LogP contribution in [0, 0.1) is 11.3 Å². The van der Waals surface area contributed by atoms with Crippen LogP contribution in [-0.2, 0) is 14.3 Å². The molecule has 2 aliphatic carbocycles. The SMILES string of the molecule is CC12CC3C(OS(=O)(=O)C3C1)C2S. The molecule has 13 heavy (non-hydrogen) atoms. The van der Waals surface area contributed by atoms with E-state index in [1.54, 1.807) is 0 Å². The Kier molecular flexibility index (Phi) is 1.38. The summed E-state index contributed by atoms with van der Waals surface area (Å²) in [7, 11) is -3.25. The molecule has 0 aromatic heterocycles. The number of hydrogen-bond donors (Lipinski definition) is 1. The molecular formula is C8H12O3S2. The predicted octanol–water partition coefficient (Wildman–Crippen LogP) is 0.812. The van der Waals surface area contributed by atoms with Crippen molar-refractivity contribution >= 4 is 22.7 Å². The van der Waals surface area contributed by atoms with Crippen LogP contribution in [0.1, 0.15) is 19.8 Å². The first-order valence-electron chi connectivity index (χ1n) is 4.54. The van der Waals surface area contributed by atoms with Gasteiger partial charge in [-0.25, -0.2) is 0 Å². The third-order valence-corrected chi connectivity index (χ3v) is 6.58. The highest BCUT2D eigenvalue weighted by Gasteiger charge is 2.67. The molecule has 2 bridgehead atoms. The van der Waals surface area contributed by atoms with Gasteiger partial charge in [0.2, 0.25) is 0 Å². The van der Waals surface area contributed by atoms with Crippen LogP contribution in [0.2, 0.25) is 0 Å². The summed E-state index contributed by atoms with van der Waals surface area (Å²) in [5.41, 5.74) is 0.0900. The number of rotatable bonds is 0. The van der Waals surface area contributed by atoms with E-state index in [4.69, 9.17) is 4.18 Å². The van der Waals surface area contributed by atoms with E-state index in [1.165, 1.54) is 0 Å². The van der Waals surface area contributed by atoms with Gasteiger partial charge in [-0.2, -0.15) is 21.0 Å². The minimum atomic E-state index is -3.25. The van der Waals surface area contributed by atoms with Gasteiger partial charge in [0.15, 0.2) is 0 Å². The highest BCUT2D eigenvalue weighted by Crippen LogP contribution is 2.62. The van der Waals surface area contributed by atoms with E-state index in [0.29, 0.717) is 0 Å². The van der Waals surface area contributed by atoms with Crippen molar-refractivity contribution < 1.29 is 12.6 Å². The fraction of sp³-hybridized carbons (Fsp3) is 1.00. The molecule has 5 unspecified atom stereocenters. The lowest BCUT2D eigenvalue weighted by molar-refractivity contribution is 0.187. The first-order valence-corrected chi connectivity index (χ1v) is 6.53. The minimum absolute atomic E-state index is 0.0900. The first kappa shape index (κ1) is 8.56. The maximum Gasteiger partial charge on any atom is 0.270 e.